The molecule has 0 amide bonds. The molecule has 0 radical (unpaired) electrons. The van der Waals surface area contributed by atoms with E-state index in [1.54, 1.807) is 12.4 Å². The van der Waals surface area contributed by atoms with Crippen LogP contribution in [0.3, 0.4) is 0 Å². The molecule has 0 atom stereocenters. The van der Waals surface area contributed by atoms with Crippen molar-refractivity contribution < 1.29 is 0 Å². The first-order valence-corrected chi connectivity index (χ1v) is 5.96. The van der Waals surface area contributed by atoms with Crippen LogP contribution >= 0.6 is 0 Å². The fraction of sp³-hybridized carbons (Fsp3) is 0.125. The van der Waals surface area contributed by atoms with Crippen LogP contribution in [0.2, 0.25) is 0 Å². The molecule has 0 bridgehead atoms. The number of hydrogen-bond donors (Lipinski definition) is 0. The highest BCUT2D eigenvalue weighted by molar-refractivity contribution is 5.62. The lowest BCUT2D eigenvalue weighted by Gasteiger charge is -2.11. The molecule has 18 heavy (non-hydrogen) atoms. The smallest absolute Gasteiger partial charge is 0.159 e. The van der Waals surface area contributed by atoms with Gasteiger partial charge in [0.15, 0.2) is 5.82 Å². The minimum absolute atomic E-state index is 0.764. The highest BCUT2D eigenvalue weighted by atomic mass is 14.9. The topological polar surface area (TPSA) is 25.8 Å². The second-order valence-corrected chi connectivity index (χ2v) is 4.00. The summed E-state index contributed by atoms with van der Waals surface area (Å²) in [6.07, 6.45) is 9.02. The number of benzene rings is 1. The van der Waals surface area contributed by atoms with Crippen LogP contribution in [0.4, 0.5) is 0 Å². The summed E-state index contributed by atoms with van der Waals surface area (Å²) in [6, 6.07) is 8.04. The van der Waals surface area contributed by atoms with E-state index in [1.165, 1.54) is 11.1 Å². The first-order valence-electron chi connectivity index (χ1n) is 5.96. The quantitative estimate of drug-likeness (QED) is 0.741. The molecule has 0 N–H and O–H groups in total. The second-order valence-electron chi connectivity index (χ2n) is 4.00. The Labute approximate surface area is 108 Å². The van der Waals surface area contributed by atoms with Crippen LogP contribution in [0.5, 0.6) is 0 Å². The van der Waals surface area contributed by atoms with Crippen molar-refractivity contribution in [2.45, 2.75) is 12.8 Å². The molecule has 1 aromatic carbocycles. The Morgan fingerprint density at radius 2 is 1.67 bits per heavy atom. The van der Waals surface area contributed by atoms with E-state index in [-0.39, 0.29) is 0 Å². The number of aromatic nitrogens is 2. The van der Waals surface area contributed by atoms with Gasteiger partial charge in [-0.25, -0.2) is 9.97 Å². The Hall–Kier alpha value is -2.22. The summed E-state index contributed by atoms with van der Waals surface area (Å²) < 4.78 is 0. The molecule has 0 unspecified atom stereocenters. The minimum atomic E-state index is 0.764. The molecule has 1 heterocycles. The van der Waals surface area contributed by atoms with Crippen LogP contribution in [0.25, 0.3) is 11.4 Å². The average molecular weight is 236 g/mol. The van der Waals surface area contributed by atoms with Gasteiger partial charge in [0.05, 0.1) is 0 Å². The van der Waals surface area contributed by atoms with Gasteiger partial charge in [-0.3, -0.25) is 0 Å². The predicted octanol–water partition coefficient (Wildman–Crippen LogP) is 3.60. The van der Waals surface area contributed by atoms with Gasteiger partial charge in [0, 0.05) is 18.0 Å². The van der Waals surface area contributed by atoms with Crippen LogP contribution < -0.4 is 0 Å². The van der Waals surface area contributed by atoms with E-state index >= 15 is 0 Å². The van der Waals surface area contributed by atoms with Gasteiger partial charge in [-0.15, -0.1) is 13.2 Å². The van der Waals surface area contributed by atoms with Gasteiger partial charge < -0.3 is 0 Å². The first kappa shape index (κ1) is 12.2. The van der Waals surface area contributed by atoms with Gasteiger partial charge >= 0.3 is 0 Å². The largest absolute Gasteiger partial charge is 0.237 e. The van der Waals surface area contributed by atoms with E-state index in [9.17, 15) is 0 Å². The molecular weight excluding hydrogens is 220 g/mol. The molecule has 0 spiro atoms. The maximum Gasteiger partial charge on any atom is 0.159 e. The molecule has 2 heteroatoms. The van der Waals surface area contributed by atoms with Crippen molar-refractivity contribution in [2.24, 2.45) is 0 Å². The van der Waals surface area contributed by atoms with Crippen LogP contribution in [0.15, 0.2) is 62.0 Å². The molecule has 0 aliphatic heterocycles. The van der Waals surface area contributed by atoms with Gasteiger partial charge in [-0.05, 0) is 30.0 Å². The molecule has 90 valence electrons. The molecule has 0 saturated carbocycles. The van der Waals surface area contributed by atoms with Crippen LogP contribution in [0, 0.1) is 0 Å². The standard InChI is InChI=1S/C16H16N2/c1-3-7-13-9-5-10-15(14(13)8-4-2)16-17-11-6-12-18-16/h3-6,9-12H,1-2,7-8H2. The van der Waals surface area contributed by atoms with E-state index in [4.69, 9.17) is 0 Å². The predicted molar refractivity (Wildman–Crippen MR) is 75.3 cm³/mol. The molecule has 0 aliphatic rings. The Bertz CT molecular complexity index is 544. The summed E-state index contributed by atoms with van der Waals surface area (Å²) in [5.41, 5.74) is 3.57. The number of allylic oxidation sites excluding steroid dienone is 2. The van der Waals surface area contributed by atoms with Crippen molar-refractivity contribution in [3.8, 4) is 11.4 Å². The minimum Gasteiger partial charge on any atom is -0.237 e. The Balaban J connectivity index is 2.55. The third-order valence-electron chi connectivity index (χ3n) is 2.79. The molecule has 2 rings (SSSR count). The fourth-order valence-electron chi connectivity index (χ4n) is 2.01. The lowest BCUT2D eigenvalue weighted by Crippen LogP contribution is -1.98. The van der Waals surface area contributed by atoms with Gasteiger partial charge in [-0.1, -0.05) is 30.4 Å². The highest BCUT2D eigenvalue weighted by Gasteiger charge is 2.09. The normalized spacial score (nSPS) is 10.0. The zero-order chi connectivity index (χ0) is 12.8. The van der Waals surface area contributed by atoms with E-state index in [0.29, 0.717) is 0 Å². The maximum atomic E-state index is 4.32. The highest BCUT2D eigenvalue weighted by Crippen LogP contribution is 2.24. The van der Waals surface area contributed by atoms with Gasteiger partial charge in [0.2, 0.25) is 0 Å². The fourth-order valence-corrected chi connectivity index (χ4v) is 2.01. The summed E-state index contributed by atoms with van der Waals surface area (Å²) in [7, 11) is 0. The lowest BCUT2D eigenvalue weighted by molar-refractivity contribution is 1.12. The summed E-state index contributed by atoms with van der Waals surface area (Å²) >= 11 is 0. The third-order valence-corrected chi connectivity index (χ3v) is 2.79. The van der Waals surface area contributed by atoms with Gasteiger partial charge in [-0.2, -0.15) is 0 Å². The van der Waals surface area contributed by atoms with Crippen LogP contribution in [-0.2, 0) is 12.8 Å². The monoisotopic (exact) mass is 236 g/mol. The van der Waals surface area contributed by atoms with Crippen molar-refractivity contribution in [3.63, 3.8) is 0 Å². The summed E-state index contributed by atoms with van der Waals surface area (Å²) in [5, 5.41) is 0. The van der Waals surface area contributed by atoms with Gasteiger partial charge in [0.1, 0.15) is 0 Å². The summed E-state index contributed by atoms with van der Waals surface area (Å²) in [5.74, 6) is 0.764. The van der Waals surface area contributed by atoms with Crippen molar-refractivity contribution in [1.82, 2.24) is 9.97 Å². The second kappa shape index (κ2) is 5.92. The molecule has 0 aliphatic carbocycles. The number of hydrogen-bond acceptors (Lipinski definition) is 2. The zero-order valence-electron chi connectivity index (χ0n) is 10.3. The van der Waals surface area contributed by atoms with E-state index in [2.05, 4.69) is 35.3 Å². The maximum absolute atomic E-state index is 4.32. The van der Waals surface area contributed by atoms with E-state index in [0.717, 1.165) is 24.2 Å². The van der Waals surface area contributed by atoms with Crippen LogP contribution in [-0.4, -0.2) is 9.97 Å². The lowest BCUT2D eigenvalue weighted by atomic mass is 9.95. The Morgan fingerprint density at radius 3 is 2.33 bits per heavy atom. The van der Waals surface area contributed by atoms with Gasteiger partial charge in [0.25, 0.3) is 0 Å². The van der Waals surface area contributed by atoms with Crippen molar-refractivity contribution >= 4 is 0 Å². The van der Waals surface area contributed by atoms with Crippen molar-refractivity contribution in [1.29, 1.82) is 0 Å². The molecule has 2 nitrogen and oxygen atoms in total. The number of rotatable bonds is 5. The third kappa shape index (κ3) is 2.54. The SMILES string of the molecule is C=CCc1cccc(-c2ncccn2)c1CC=C. The summed E-state index contributed by atoms with van der Waals surface area (Å²) in [6.45, 7) is 7.63. The van der Waals surface area contributed by atoms with E-state index in [1.807, 2.05) is 24.3 Å². The molecule has 0 fully saturated rings. The molecule has 2 aromatic rings. The Kier molecular flexibility index (Phi) is 4.02. The average Bonchev–Trinajstić information content (AvgIpc) is 2.42. The first-order chi connectivity index (χ1) is 8.86. The van der Waals surface area contributed by atoms with Crippen LogP contribution in [0.1, 0.15) is 11.1 Å². The van der Waals surface area contributed by atoms with Crippen molar-refractivity contribution in [3.05, 3.63) is 73.1 Å². The molecule has 0 saturated heterocycles. The molecule has 1 aromatic heterocycles. The van der Waals surface area contributed by atoms with Crippen molar-refractivity contribution in [2.75, 3.05) is 0 Å². The Morgan fingerprint density at radius 1 is 0.944 bits per heavy atom. The summed E-state index contributed by atoms with van der Waals surface area (Å²) in [4.78, 5) is 8.64. The van der Waals surface area contributed by atoms with E-state index < -0.39 is 0 Å². The number of nitrogens with zero attached hydrogens (tertiary/aromatic N) is 2. The molecular formula is C16H16N2. The zero-order valence-corrected chi connectivity index (χ0v) is 10.3.